The zero-order valence-electron chi connectivity index (χ0n) is 9.65. The van der Waals surface area contributed by atoms with Crippen molar-refractivity contribution in [2.75, 3.05) is 6.61 Å². The summed E-state index contributed by atoms with van der Waals surface area (Å²) in [5.74, 6) is 0. The van der Waals surface area contributed by atoms with Crippen LogP contribution in [-0.2, 0) is 6.54 Å². The molecule has 1 aromatic heterocycles. The minimum absolute atomic E-state index is 0.0948. The Morgan fingerprint density at radius 3 is 3.00 bits per heavy atom. The number of aliphatic hydroxyl groups is 1. The number of hydrogen-bond acceptors (Lipinski definition) is 3. The Hall–Kier alpha value is -0.970. The number of pyridine rings is 1. The number of nitrogens with zero attached hydrogens (tertiary/aromatic N) is 1. The first-order chi connectivity index (χ1) is 8.22. The van der Waals surface area contributed by atoms with E-state index < -0.39 is 0 Å². The first-order valence-electron chi connectivity index (χ1n) is 5.58. The van der Waals surface area contributed by atoms with Crippen LogP contribution < -0.4 is 5.32 Å². The number of aliphatic hydroxyl groups excluding tert-OH is 1. The second-order valence-electron chi connectivity index (χ2n) is 4.07. The number of nitrogens with one attached hydrogen (secondary N) is 1. The molecule has 90 valence electrons. The highest BCUT2D eigenvalue weighted by Crippen LogP contribution is 2.25. The number of halogens is 1. The van der Waals surface area contributed by atoms with Crippen LogP contribution in [0.25, 0.3) is 10.9 Å². The smallest absolute Gasteiger partial charge is 0.0758 e. The van der Waals surface area contributed by atoms with Gasteiger partial charge in [-0.05, 0) is 24.6 Å². The van der Waals surface area contributed by atoms with Crippen molar-refractivity contribution in [3.05, 3.63) is 40.5 Å². The number of fused-ring (bicyclic) bond motifs is 1. The molecule has 2 N–H and O–H groups in total. The fourth-order valence-electron chi connectivity index (χ4n) is 1.69. The van der Waals surface area contributed by atoms with Crippen molar-refractivity contribution >= 4 is 26.8 Å². The summed E-state index contributed by atoms with van der Waals surface area (Å²) >= 11 is 3.52. The van der Waals surface area contributed by atoms with Crippen LogP contribution in [-0.4, -0.2) is 22.7 Å². The topological polar surface area (TPSA) is 45.1 Å². The highest BCUT2D eigenvalue weighted by molar-refractivity contribution is 9.10. The van der Waals surface area contributed by atoms with Crippen LogP contribution in [0.1, 0.15) is 12.5 Å². The molecule has 2 rings (SSSR count). The summed E-state index contributed by atoms with van der Waals surface area (Å²) in [5, 5.41) is 13.4. The van der Waals surface area contributed by atoms with Crippen molar-refractivity contribution in [2.45, 2.75) is 19.5 Å². The van der Waals surface area contributed by atoms with Gasteiger partial charge in [0.1, 0.15) is 0 Å². The third-order valence-electron chi connectivity index (χ3n) is 2.71. The van der Waals surface area contributed by atoms with Crippen LogP contribution in [0.15, 0.2) is 34.9 Å². The largest absolute Gasteiger partial charge is 0.395 e. The minimum Gasteiger partial charge on any atom is -0.395 e. The summed E-state index contributed by atoms with van der Waals surface area (Å²) in [6.45, 7) is 2.80. The molecule has 0 saturated heterocycles. The van der Waals surface area contributed by atoms with E-state index in [9.17, 15) is 0 Å². The van der Waals surface area contributed by atoms with Crippen LogP contribution in [0.3, 0.4) is 0 Å². The van der Waals surface area contributed by atoms with Crippen molar-refractivity contribution in [3.8, 4) is 0 Å². The molecule has 0 radical (unpaired) electrons. The molecule has 2 aromatic rings. The van der Waals surface area contributed by atoms with Gasteiger partial charge in [0.2, 0.25) is 0 Å². The summed E-state index contributed by atoms with van der Waals surface area (Å²) in [6, 6.07) is 8.16. The third-order valence-corrected chi connectivity index (χ3v) is 3.41. The van der Waals surface area contributed by atoms with Crippen molar-refractivity contribution in [1.29, 1.82) is 0 Å². The molecule has 3 nitrogen and oxygen atoms in total. The molecule has 0 spiro atoms. The molecular weight excluding hydrogens is 280 g/mol. The monoisotopic (exact) mass is 294 g/mol. The maximum absolute atomic E-state index is 8.98. The van der Waals surface area contributed by atoms with E-state index in [2.05, 4.69) is 32.3 Å². The molecule has 1 aromatic carbocycles. The van der Waals surface area contributed by atoms with Gasteiger partial charge in [-0.15, -0.1) is 0 Å². The standard InChI is InChI=1S/C13H15BrN2O/c1-9(8-17)16-7-10-4-5-12(14)11-3-2-6-15-13(10)11/h2-6,9,16-17H,7-8H2,1H3/t9-/m0/s1. The third kappa shape index (κ3) is 2.83. The Morgan fingerprint density at radius 2 is 2.24 bits per heavy atom. The van der Waals surface area contributed by atoms with Gasteiger partial charge >= 0.3 is 0 Å². The van der Waals surface area contributed by atoms with Gasteiger partial charge < -0.3 is 10.4 Å². The lowest BCUT2D eigenvalue weighted by Gasteiger charge is -2.12. The van der Waals surface area contributed by atoms with E-state index in [-0.39, 0.29) is 12.6 Å². The lowest BCUT2D eigenvalue weighted by atomic mass is 10.1. The number of aromatic nitrogens is 1. The highest BCUT2D eigenvalue weighted by Gasteiger charge is 2.06. The quantitative estimate of drug-likeness (QED) is 0.911. The first kappa shape index (κ1) is 12.5. The number of rotatable bonds is 4. The van der Waals surface area contributed by atoms with E-state index in [1.807, 2.05) is 25.1 Å². The molecule has 0 fully saturated rings. The fourth-order valence-corrected chi connectivity index (χ4v) is 2.14. The van der Waals surface area contributed by atoms with Crippen molar-refractivity contribution in [3.63, 3.8) is 0 Å². The molecule has 0 unspecified atom stereocenters. The normalized spacial score (nSPS) is 12.9. The van der Waals surface area contributed by atoms with Gasteiger partial charge in [-0.3, -0.25) is 4.98 Å². The lowest BCUT2D eigenvalue weighted by Crippen LogP contribution is -2.28. The molecule has 1 atom stereocenters. The van der Waals surface area contributed by atoms with E-state index in [1.54, 1.807) is 6.20 Å². The summed E-state index contributed by atoms with van der Waals surface area (Å²) in [4.78, 5) is 4.41. The molecule has 0 amide bonds. The van der Waals surface area contributed by atoms with Crippen LogP contribution >= 0.6 is 15.9 Å². The minimum atomic E-state index is 0.0948. The van der Waals surface area contributed by atoms with Gasteiger partial charge in [-0.25, -0.2) is 0 Å². The molecule has 17 heavy (non-hydrogen) atoms. The second-order valence-corrected chi connectivity index (χ2v) is 4.92. The Bertz CT molecular complexity index is 516. The van der Waals surface area contributed by atoms with E-state index in [1.165, 1.54) is 0 Å². The summed E-state index contributed by atoms with van der Waals surface area (Å²) in [5.41, 5.74) is 2.14. The van der Waals surface area contributed by atoms with E-state index in [4.69, 9.17) is 5.11 Å². The van der Waals surface area contributed by atoms with Crippen LogP contribution in [0.5, 0.6) is 0 Å². The SMILES string of the molecule is C[C@@H](CO)NCc1ccc(Br)c2cccnc12. The second kappa shape index (κ2) is 5.58. The Labute approximate surface area is 109 Å². The summed E-state index contributed by atoms with van der Waals surface area (Å²) in [6.07, 6.45) is 1.80. The molecule has 4 heteroatoms. The fraction of sp³-hybridized carbons (Fsp3) is 0.308. The van der Waals surface area contributed by atoms with Crippen LogP contribution in [0.2, 0.25) is 0 Å². The molecule has 0 aliphatic carbocycles. The van der Waals surface area contributed by atoms with Gasteiger partial charge in [0.25, 0.3) is 0 Å². The van der Waals surface area contributed by atoms with Crippen molar-refractivity contribution < 1.29 is 5.11 Å². The maximum atomic E-state index is 8.98. The average molecular weight is 295 g/mol. The Balaban J connectivity index is 2.32. The molecule has 1 heterocycles. The van der Waals surface area contributed by atoms with Gasteiger partial charge in [-0.1, -0.05) is 28.1 Å². The molecule has 0 saturated carbocycles. The van der Waals surface area contributed by atoms with Gasteiger partial charge in [0.05, 0.1) is 12.1 Å². The zero-order chi connectivity index (χ0) is 12.3. The van der Waals surface area contributed by atoms with Crippen molar-refractivity contribution in [1.82, 2.24) is 10.3 Å². The first-order valence-corrected chi connectivity index (χ1v) is 6.38. The average Bonchev–Trinajstić information content (AvgIpc) is 2.38. The highest BCUT2D eigenvalue weighted by atomic mass is 79.9. The molecule has 0 aliphatic rings. The zero-order valence-corrected chi connectivity index (χ0v) is 11.2. The van der Waals surface area contributed by atoms with Gasteiger partial charge in [-0.2, -0.15) is 0 Å². The van der Waals surface area contributed by atoms with Crippen molar-refractivity contribution in [2.24, 2.45) is 0 Å². The summed E-state index contributed by atoms with van der Waals surface area (Å²) in [7, 11) is 0. The predicted molar refractivity (Wildman–Crippen MR) is 72.8 cm³/mol. The number of hydrogen-bond donors (Lipinski definition) is 2. The lowest BCUT2D eigenvalue weighted by molar-refractivity contribution is 0.251. The number of benzene rings is 1. The van der Waals surface area contributed by atoms with E-state index in [0.717, 1.165) is 20.9 Å². The Morgan fingerprint density at radius 1 is 1.41 bits per heavy atom. The maximum Gasteiger partial charge on any atom is 0.0758 e. The molecular formula is C13H15BrN2O. The van der Waals surface area contributed by atoms with E-state index in [0.29, 0.717) is 6.54 Å². The summed E-state index contributed by atoms with van der Waals surface area (Å²) < 4.78 is 1.06. The van der Waals surface area contributed by atoms with Crippen LogP contribution in [0, 0.1) is 0 Å². The molecule has 0 bridgehead atoms. The Kier molecular flexibility index (Phi) is 4.10. The molecule has 0 aliphatic heterocycles. The van der Waals surface area contributed by atoms with Crippen LogP contribution in [0.4, 0.5) is 0 Å². The predicted octanol–water partition coefficient (Wildman–Crippen LogP) is 2.47. The van der Waals surface area contributed by atoms with Gasteiger partial charge in [0.15, 0.2) is 0 Å². The van der Waals surface area contributed by atoms with Gasteiger partial charge in [0, 0.05) is 28.6 Å². The van der Waals surface area contributed by atoms with E-state index >= 15 is 0 Å².